The molecule has 2 heterocycles. The predicted octanol–water partition coefficient (Wildman–Crippen LogP) is 2.65. The summed E-state index contributed by atoms with van der Waals surface area (Å²) in [6.07, 6.45) is 3.40. The van der Waals surface area contributed by atoms with E-state index < -0.39 is 41.4 Å². The van der Waals surface area contributed by atoms with Crippen LogP contribution in [0.3, 0.4) is 0 Å². The van der Waals surface area contributed by atoms with Gasteiger partial charge < -0.3 is 40.7 Å². The summed E-state index contributed by atoms with van der Waals surface area (Å²) in [7, 11) is 0. The van der Waals surface area contributed by atoms with E-state index in [9.17, 15) is 29.4 Å². The normalized spacial score (nSPS) is 12.0. The molecule has 13 nitrogen and oxygen atoms in total. The number of hydrogen-bond acceptors (Lipinski definition) is 8. The van der Waals surface area contributed by atoms with Crippen LogP contribution in [0, 0.1) is 0 Å². The van der Waals surface area contributed by atoms with Gasteiger partial charge in [0.1, 0.15) is 11.6 Å². The van der Waals surface area contributed by atoms with Gasteiger partial charge in [0.2, 0.25) is 23.6 Å². The molecular weight excluding hydrogens is 546 g/mol. The molecule has 3 rings (SSSR count). The van der Waals surface area contributed by atoms with Crippen molar-refractivity contribution in [3.05, 3.63) is 48.2 Å². The van der Waals surface area contributed by atoms with Crippen molar-refractivity contribution in [2.45, 2.75) is 70.9 Å². The molecule has 3 aromatic rings. The number of alkyl carbamates (subject to hydrolysis) is 1. The van der Waals surface area contributed by atoms with Crippen LogP contribution in [0.5, 0.6) is 11.8 Å². The molecular formula is C29H39N5O8. The maximum atomic E-state index is 13.1. The molecule has 13 heteroatoms. The number of rotatable bonds is 14. The minimum absolute atomic E-state index is 0.0919. The Balaban J connectivity index is 1.50. The van der Waals surface area contributed by atoms with Gasteiger partial charge in [-0.05, 0) is 45.2 Å². The topological polar surface area (TPSA) is 184 Å². The molecule has 0 aliphatic rings. The predicted molar refractivity (Wildman–Crippen MR) is 154 cm³/mol. The molecule has 1 atom stereocenters. The van der Waals surface area contributed by atoms with Gasteiger partial charge in [0.15, 0.2) is 0 Å². The van der Waals surface area contributed by atoms with Gasteiger partial charge in [0.25, 0.3) is 0 Å². The zero-order chi connectivity index (χ0) is 30.7. The maximum Gasteiger partial charge on any atom is 0.407 e. The van der Waals surface area contributed by atoms with Crippen LogP contribution in [-0.2, 0) is 25.5 Å². The van der Waals surface area contributed by atoms with Crippen LogP contribution in [0.1, 0.15) is 58.4 Å². The van der Waals surface area contributed by atoms with Crippen molar-refractivity contribution in [2.75, 3.05) is 13.1 Å². The van der Waals surface area contributed by atoms with E-state index in [1.807, 2.05) is 24.3 Å². The molecule has 0 spiro atoms. The van der Waals surface area contributed by atoms with Crippen LogP contribution >= 0.6 is 0 Å². The summed E-state index contributed by atoms with van der Waals surface area (Å²) < 4.78 is 5.76. The molecule has 0 aliphatic carbocycles. The number of nitrogens with one attached hydrogen (secondary N) is 4. The SMILES string of the molecule is CC(C)(C)OC(=O)NCCCCCC(=O)NC(Cc1c[nH]c2ccccc12)C(=O)NCCC(=O)On1c(O)ccc1O. The highest BCUT2D eigenvalue weighted by atomic mass is 16.7. The highest BCUT2D eigenvalue weighted by Crippen LogP contribution is 2.20. The number of fused-ring (bicyclic) bond motifs is 1. The van der Waals surface area contributed by atoms with Gasteiger partial charge in [-0.15, -0.1) is 4.73 Å². The lowest BCUT2D eigenvalue weighted by Gasteiger charge is -2.19. The largest absolute Gasteiger partial charge is 0.492 e. The highest BCUT2D eigenvalue weighted by Gasteiger charge is 2.23. The van der Waals surface area contributed by atoms with Crippen molar-refractivity contribution >= 4 is 34.8 Å². The quantitative estimate of drug-likeness (QED) is 0.156. The number of carbonyl (C=O) groups is 4. The van der Waals surface area contributed by atoms with Gasteiger partial charge in [0.05, 0.1) is 6.42 Å². The Bertz CT molecular complexity index is 1350. The van der Waals surface area contributed by atoms with Crippen molar-refractivity contribution in [3.8, 4) is 11.8 Å². The third-order valence-corrected chi connectivity index (χ3v) is 6.12. The molecule has 42 heavy (non-hydrogen) atoms. The van der Waals surface area contributed by atoms with E-state index >= 15 is 0 Å². The zero-order valence-corrected chi connectivity index (χ0v) is 24.1. The molecule has 0 saturated heterocycles. The van der Waals surface area contributed by atoms with E-state index in [0.29, 0.717) is 30.5 Å². The summed E-state index contributed by atoms with van der Waals surface area (Å²) in [4.78, 5) is 57.7. The molecule has 0 aliphatic heterocycles. The van der Waals surface area contributed by atoms with E-state index in [4.69, 9.17) is 9.57 Å². The van der Waals surface area contributed by atoms with Crippen molar-refractivity contribution in [1.82, 2.24) is 25.7 Å². The van der Waals surface area contributed by atoms with Gasteiger partial charge in [-0.2, -0.15) is 0 Å². The Hall–Kier alpha value is -4.68. The molecule has 2 aromatic heterocycles. The van der Waals surface area contributed by atoms with Gasteiger partial charge in [-0.1, -0.05) is 24.6 Å². The number of aromatic amines is 1. The summed E-state index contributed by atoms with van der Waals surface area (Å²) in [6.45, 7) is 5.69. The lowest BCUT2D eigenvalue weighted by molar-refractivity contribution is -0.145. The van der Waals surface area contributed by atoms with E-state index in [0.717, 1.165) is 28.6 Å². The van der Waals surface area contributed by atoms with Crippen LogP contribution in [0.2, 0.25) is 0 Å². The first-order valence-electron chi connectivity index (χ1n) is 13.8. The van der Waals surface area contributed by atoms with E-state index in [2.05, 4.69) is 20.9 Å². The summed E-state index contributed by atoms with van der Waals surface area (Å²) in [5.74, 6) is -2.48. The van der Waals surface area contributed by atoms with E-state index in [1.165, 1.54) is 0 Å². The number of unbranched alkanes of at least 4 members (excludes halogenated alkanes) is 2. The first kappa shape index (κ1) is 31.8. The Kier molecular flexibility index (Phi) is 11.2. The van der Waals surface area contributed by atoms with Crippen LogP contribution in [0.25, 0.3) is 10.9 Å². The minimum Gasteiger partial charge on any atom is -0.492 e. The number of hydrogen-bond donors (Lipinski definition) is 6. The smallest absolute Gasteiger partial charge is 0.407 e. The molecule has 228 valence electrons. The van der Waals surface area contributed by atoms with Gasteiger partial charge in [-0.3, -0.25) is 9.59 Å². The fourth-order valence-electron chi connectivity index (χ4n) is 4.14. The molecule has 1 aromatic carbocycles. The van der Waals surface area contributed by atoms with Crippen LogP contribution in [-0.4, -0.2) is 68.5 Å². The van der Waals surface area contributed by atoms with Crippen LogP contribution < -0.4 is 20.8 Å². The molecule has 0 bridgehead atoms. The summed E-state index contributed by atoms with van der Waals surface area (Å²) in [5, 5.41) is 28.3. The standard InChI is InChI=1S/C29H39N5O8/c1-29(2,3)41-28(40)31-15-8-4-5-11-23(35)33-22(17-19-18-32-21-10-7-6-9-20(19)21)27(39)30-16-14-26(38)42-34-24(36)12-13-25(34)37/h6-7,9-10,12-13,18,22,32,36-37H,4-5,8,11,14-17H2,1-3H3,(H,30,39)(H,31,40)(H,33,35). The number of amides is 3. The number of H-pyrrole nitrogens is 1. The molecule has 3 amide bonds. The fraction of sp³-hybridized carbons (Fsp3) is 0.448. The number of para-hydroxylation sites is 1. The first-order chi connectivity index (χ1) is 19.9. The minimum atomic E-state index is -0.904. The Morgan fingerprint density at radius 1 is 0.929 bits per heavy atom. The lowest BCUT2D eigenvalue weighted by atomic mass is 10.0. The zero-order valence-electron chi connectivity index (χ0n) is 24.1. The van der Waals surface area contributed by atoms with Gasteiger partial charge >= 0.3 is 12.1 Å². The molecule has 0 radical (unpaired) electrons. The molecule has 6 N–H and O–H groups in total. The third-order valence-electron chi connectivity index (χ3n) is 6.12. The third kappa shape index (κ3) is 10.1. The van der Waals surface area contributed by atoms with E-state index in [1.54, 1.807) is 27.0 Å². The lowest BCUT2D eigenvalue weighted by Crippen LogP contribution is -2.48. The second-order valence-corrected chi connectivity index (χ2v) is 10.8. The van der Waals surface area contributed by atoms with Crippen molar-refractivity contribution in [1.29, 1.82) is 0 Å². The second kappa shape index (κ2) is 14.8. The number of aromatic hydroxyl groups is 2. The Morgan fingerprint density at radius 3 is 2.36 bits per heavy atom. The fourth-order valence-corrected chi connectivity index (χ4v) is 4.14. The van der Waals surface area contributed by atoms with Gasteiger partial charge in [0, 0.05) is 55.2 Å². The van der Waals surface area contributed by atoms with Crippen LogP contribution in [0.4, 0.5) is 4.79 Å². The molecule has 0 fully saturated rings. The molecule has 1 unspecified atom stereocenters. The second-order valence-electron chi connectivity index (χ2n) is 10.8. The van der Waals surface area contributed by atoms with E-state index in [-0.39, 0.29) is 31.7 Å². The van der Waals surface area contributed by atoms with Gasteiger partial charge in [-0.25, -0.2) is 9.59 Å². The first-order valence-corrected chi connectivity index (χ1v) is 13.8. The van der Waals surface area contributed by atoms with Crippen molar-refractivity contribution in [3.63, 3.8) is 0 Å². The maximum absolute atomic E-state index is 13.1. The average Bonchev–Trinajstić information content (AvgIpc) is 3.47. The summed E-state index contributed by atoms with van der Waals surface area (Å²) in [6, 6.07) is 9.02. The Morgan fingerprint density at radius 2 is 1.64 bits per heavy atom. The molecule has 0 saturated carbocycles. The number of ether oxygens (including phenoxy) is 1. The Labute approximate surface area is 243 Å². The summed E-state index contributed by atoms with van der Waals surface area (Å²) in [5.41, 5.74) is 1.17. The van der Waals surface area contributed by atoms with Crippen LogP contribution in [0.15, 0.2) is 42.6 Å². The average molecular weight is 586 g/mol. The number of aromatic nitrogens is 2. The van der Waals surface area contributed by atoms with Crippen molar-refractivity contribution in [2.24, 2.45) is 0 Å². The number of carbonyl (C=O) groups excluding carboxylic acids is 4. The summed E-state index contributed by atoms with van der Waals surface area (Å²) >= 11 is 0. The number of nitrogens with zero attached hydrogens (tertiary/aromatic N) is 1. The number of benzene rings is 1. The van der Waals surface area contributed by atoms with Crippen molar-refractivity contribution < 1.29 is 39.0 Å². The highest BCUT2D eigenvalue weighted by molar-refractivity contribution is 5.89. The monoisotopic (exact) mass is 585 g/mol.